The number of rotatable bonds is 5. The highest BCUT2D eigenvalue weighted by Gasteiger charge is 2.32. The van der Waals surface area contributed by atoms with Crippen LogP contribution < -0.4 is 5.32 Å². The van der Waals surface area contributed by atoms with Crippen LogP contribution in [-0.2, 0) is 17.9 Å². The van der Waals surface area contributed by atoms with Gasteiger partial charge >= 0.3 is 0 Å². The summed E-state index contributed by atoms with van der Waals surface area (Å²) in [5.41, 5.74) is 3.30. The fraction of sp³-hybridized carbons (Fsp3) is 0.474. The summed E-state index contributed by atoms with van der Waals surface area (Å²) in [7, 11) is 0. The van der Waals surface area contributed by atoms with Crippen LogP contribution in [0.15, 0.2) is 24.5 Å². The molecule has 1 saturated heterocycles. The first kappa shape index (κ1) is 18.1. The van der Waals surface area contributed by atoms with Crippen molar-refractivity contribution in [1.29, 1.82) is 0 Å². The number of hydrogen-bond donors (Lipinski definition) is 1. The number of amides is 2. The molecule has 26 heavy (non-hydrogen) atoms. The van der Waals surface area contributed by atoms with Crippen LogP contribution in [0.5, 0.6) is 0 Å². The normalized spacial score (nSPS) is 16.7. The highest BCUT2D eigenvalue weighted by Crippen LogP contribution is 2.33. The van der Waals surface area contributed by atoms with Gasteiger partial charge < -0.3 is 10.2 Å². The number of nitrogens with one attached hydrogen (secondary N) is 1. The zero-order valence-corrected chi connectivity index (χ0v) is 15.5. The lowest BCUT2D eigenvalue weighted by Gasteiger charge is -2.25. The van der Waals surface area contributed by atoms with Crippen molar-refractivity contribution in [2.75, 3.05) is 6.54 Å². The number of aryl methyl sites for hydroxylation is 2. The fourth-order valence-electron chi connectivity index (χ4n) is 3.42. The highest BCUT2D eigenvalue weighted by atomic mass is 16.2. The molecule has 0 spiro atoms. The van der Waals surface area contributed by atoms with Crippen LogP contribution in [0.25, 0.3) is 0 Å². The molecule has 138 valence electrons. The summed E-state index contributed by atoms with van der Waals surface area (Å²) in [5.74, 6) is -0.0526. The molecule has 7 nitrogen and oxygen atoms in total. The number of hydrogen-bond acceptors (Lipinski definition) is 4. The van der Waals surface area contributed by atoms with Gasteiger partial charge in [-0.05, 0) is 44.4 Å². The molecule has 0 unspecified atom stereocenters. The van der Waals surface area contributed by atoms with Gasteiger partial charge in [0.2, 0.25) is 5.91 Å². The Kier molecular flexibility index (Phi) is 5.35. The first-order valence-corrected chi connectivity index (χ1v) is 9.04. The molecule has 0 aromatic carbocycles. The largest absolute Gasteiger partial charge is 0.351 e. The summed E-state index contributed by atoms with van der Waals surface area (Å²) >= 11 is 0. The molecule has 1 fully saturated rings. The molecule has 1 aliphatic heterocycles. The van der Waals surface area contributed by atoms with E-state index in [-0.39, 0.29) is 17.9 Å². The first-order valence-electron chi connectivity index (χ1n) is 9.04. The van der Waals surface area contributed by atoms with E-state index in [0.717, 1.165) is 42.9 Å². The Morgan fingerprint density at radius 2 is 2.19 bits per heavy atom. The number of nitrogens with zero attached hydrogens (tertiary/aromatic N) is 4. The maximum Gasteiger partial charge on any atom is 0.257 e. The lowest BCUT2D eigenvalue weighted by atomic mass is 10.0. The second-order valence-electron chi connectivity index (χ2n) is 6.63. The van der Waals surface area contributed by atoms with Crippen molar-refractivity contribution >= 4 is 11.8 Å². The van der Waals surface area contributed by atoms with Crippen LogP contribution in [-0.4, -0.2) is 38.0 Å². The fourth-order valence-corrected chi connectivity index (χ4v) is 3.42. The maximum absolute atomic E-state index is 13.1. The smallest absolute Gasteiger partial charge is 0.257 e. The highest BCUT2D eigenvalue weighted by molar-refractivity contribution is 5.95. The van der Waals surface area contributed by atoms with Gasteiger partial charge in [0.15, 0.2) is 0 Å². The van der Waals surface area contributed by atoms with E-state index in [0.29, 0.717) is 12.1 Å². The zero-order valence-electron chi connectivity index (χ0n) is 15.5. The van der Waals surface area contributed by atoms with Gasteiger partial charge in [0.05, 0.1) is 29.5 Å². The minimum absolute atomic E-state index is 0.0323. The van der Waals surface area contributed by atoms with Crippen molar-refractivity contribution < 1.29 is 9.59 Å². The summed E-state index contributed by atoms with van der Waals surface area (Å²) in [5, 5.41) is 7.16. The number of likely N-dealkylation sites (tertiary alicyclic amines) is 1. The van der Waals surface area contributed by atoms with E-state index in [1.54, 1.807) is 10.9 Å². The standard InChI is InChI=1S/C19H25N5O2/c1-4-23-12-17(13(2)22-23)19(26)24-9-5-6-18(24)15-7-8-20-16(10-15)11-21-14(3)25/h7-8,10,12,18H,4-6,9,11H2,1-3H3,(H,21,25)/t18-/m0/s1. The van der Waals surface area contributed by atoms with Crippen molar-refractivity contribution in [2.24, 2.45) is 0 Å². The molecule has 1 atom stereocenters. The van der Waals surface area contributed by atoms with Gasteiger partial charge in [-0.25, -0.2) is 0 Å². The molecular formula is C19H25N5O2. The molecule has 0 saturated carbocycles. The zero-order chi connectivity index (χ0) is 18.7. The second kappa shape index (κ2) is 7.68. The van der Waals surface area contributed by atoms with E-state index in [2.05, 4.69) is 15.4 Å². The van der Waals surface area contributed by atoms with Crippen LogP contribution in [0.2, 0.25) is 0 Å². The number of carbonyl (C=O) groups excluding carboxylic acids is 2. The molecule has 7 heteroatoms. The van der Waals surface area contributed by atoms with Crippen molar-refractivity contribution in [3.63, 3.8) is 0 Å². The van der Waals surface area contributed by atoms with E-state index in [9.17, 15) is 9.59 Å². The topological polar surface area (TPSA) is 80.1 Å². The van der Waals surface area contributed by atoms with Crippen molar-refractivity contribution in [3.05, 3.63) is 47.0 Å². The SMILES string of the molecule is CCn1cc(C(=O)N2CCC[C@H]2c2ccnc(CNC(C)=O)c2)c(C)n1. The summed E-state index contributed by atoms with van der Waals surface area (Å²) in [4.78, 5) is 30.4. The van der Waals surface area contributed by atoms with E-state index < -0.39 is 0 Å². The maximum atomic E-state index is 13.1. The van der Waals surface area contributed by atoms with Gasteiger partial charge in [-0.1, -0.05) is 0 Å². The Bertz CT molecular complexity index is 814. The monoisotopic (exact) mass is 355 g/mol. The molecule has 2 aromatic heterocycles. The van der Waals surface area contributed by atoms with Crippen LogP contribution in [0, 0.1) is 6.92 Å². The summed E-state index contributed by atoms with van der Waals surface area (Å²) in [6, 6.07) is 3.97. The average molecular weight is 355 g/mol. The van der Waals surface area contributed by atoms with Gasteiger partial charge in [-0.15, -0.1) is 0 Å². The lowest BCUT2D eigenvalue weighted by molar-refractivity contribution is -0.119. The Labute approximate surface area is 153 Å². The third-order valence-electron chi connectivity index (χ3n) is 4.76. The Morgan fingerprint density at radius 1 is 1.38 bits per heavy atom. The molecule has 0 aliphatic carbocycles. The van der Waals surface area contributed by atoms with Crippen LogP contribution in [0.4, 0.5) is 0 Å². The van der Waals surface area contributed by atoms with Crippen LogP contribution >= 0.6 is 0 Å². The number of pyridine rings is 1. The Hall–Kier alpha value is -2.70. The summed E-state index contributed by atoms with van der Waals surface area (Å²) in [6.07, 6.45) is 5.48. The molecule has 0 radical (unpaired) electrons. The minimum Gasteiger partial charge on any atom is -0.351 e. The van der Waals surface area contributed by atoms with Gasteiger partial charge in [-0.3, -0.25) is 19.3 Å². The number of carbonyl (C=O) groups is 2. The molecular weight excluding hydrogens is 330 g/mol. The van der Waals surface area contributed by atoms with Crippen LogP contribution in [0.3, 0.4) is 0 Å². The average Bonchev–Trinajstić information content (AvgIpc) is 3.26. The molecule has 3 heterocycles. The van der Waals surface area contributed by atoms with Gasteiger partial charge in [0, 0.05) is 32.4 Å². The first-order chi connectivity index (χ1) is 12.5. The van der Waals surface area contributed by atoms with Crippen LogP contribution in [0.1, 0.15) is 60.0 Å². The third-order valence-corrected chi connectivity index (χ3v) is 4.76. The van der Waals surface area contributed by atoms with E-state index >= 15 is 0 Å². The lowest BCUT2D eigenvalue weighted by Crippen LogP contribution is -2.31. The molecule has 1 N–H and O–H groups in total. The molecule has 1 aliphatic rings. The Morgan fingerprint density at radius 3 is 2.88 bits per heavy atom. The predicted octanol–water partition coefficient (Wildman–Crippen LogP) is 2.22. The molecule has 2 aromatic rings. The van der Waals surface area contributed by atoms with E-state index in [4.69, 9.17) is 0 Å². The quantitative estimate of drug-likeness (QED) is 0.892. The van der Waals surface area contributed by atoms with Gasteiger partial charge in [0.1, 0.15) is 0 Å². The van der Waals surface area contributed by atoms with Crippen molar-refractivity contribution in [2.45, 2.75) is 52.7 Å². The van der Waals surface area contributed by atoms with E-state index in [1.165, 1.54) is 6.92 Å². The van der Waals surface area contributed by atoms with Gasteiger partial charge in [0.25, 0.3) is 5.91 Å². The second-order valence-corrected chi connectivity index (χ2v) is 6.63. The molecule has 2 amide bonds. The predicted molar refractivity (Wildman–Crippen MR) is 97.4 cm³/mol. The van der Waals surface area contributed by atoms with Gasteiger partial charge in [-0.2, -0.15) is 5.10 Å². The molecule has 3 rings (SSSR count). The number of aromatic nitrogens is 3. The van der Waals surface area contributed by atoms with E-state index in [1.807, 2.05) is 37.1 Å². The van der Waals surface area contributed by atoms with Crippen molar-refractivity contribution in [3.8, 4) is 0 Å². The summed E-state index contributed by atoms with van der Waals surface area (Å²) < 4.78 is 1.80. The minimum atomic E-state index is -0.0849. The summed E-state index contributed by atoms with van der Waals surface area (Å²) in [6.45, 7) is 7.25. The van der Waals surface area contributed by atoms with Crippen molar-refractivity contribution in [1.82, 2.24) is 25.0 Å². The third kappa shape index (κ3) is 3.76. The Balaban J connectivity index is 1.81. The molecule has 0 bridgehead atoms.